The van der Waals surface area contributed by atoms with Crippen LogP contribution in [0.1, 0.15) is 0 Å². The Kier molecular flexibility index (Phi) is 1.39. The van der Waals surface area contributed by atoms with Crippen LogP contribution in [0.5, 0.6) is 0 Å². The van der Waals surface area contributed by atoms with E-state index in [4.69, 9.17) is 5.73 Å². The van der Waals surface area contributed by atoms with Gasteiger partial charge in [-0.25, -0.2) is 8.96 Å². The molecule has 0 aliphatic heterocycles. The van der Waals surface area contributed by atoms with Crippen LogP contribution in [0.15, 0.2) is 12.7 Å². The first kappa shape index (κ1) is 6.96. The number of imidazole rings is 1. The van der Waals surface area contributed by atoms with Crippen LogP contribution in [-0.4, -0.2) is 15.0 Å². The van der Waals surface area contributed by atoms with E-state index in [-0.39, 0.29) is 0 Å². The van der Waals surface area contributed by atoms with Gasteiger partial charge in [-0.15, -0.1) is 0 Å². The topological polar surface area (TPSA) is 71.5 Å². The minimum Gasteiger partial charge on any atom is -0.368 e. The van der Waals surface area contributed by atoms with Gasteiger partial charge in [0, 0.05) is 0 Å². The van der Waals surface area contributed by atoms with Crippen LogP contribution in [-0.2, 0) is 6.80 Å². The Bertz CT molecular complexity index is 409. The Morgan fingerprint density at radius 2 is 2.42 bits per heavy atom. The molecule has 0 saturated carbocycles. The number of anilines is 1. The number of rotatable bonds is 1. The first-order chi connectivity index (χ1) is 5.83. The molecular formula is C6H7FN5+. The van der Waals surface area contributed by atoms with Crippen molar-refractivity contribution in [1.29, 1.82) is 0 Å². The Hall–Kier alpha value is -1.72. The molecule has 0 saturated heterocycles. The lowest BCUT2D eigenvalue weighted by atomic mass is 10.5. The molecule has 62 valence electrons. The van der Waals surface area contributed by atoms with Gasteiger partial charge < -0.3 is 10.7 Å². The lowest BCUT2D eigenvalue weighted by Gasteiger charge is -1.93. The number of H-pyrrole nitrogens is 1. The number of alkyl halides is 1. The van der Waals surface area contributed by atoms with Gasteiger partial charge in [0.15, 0.2) is 11.8 Å². The van der Waals surface area contributed by atoms with E-state index < -0.39 is 6.80 Å². The highest BCUT2D eigenvalue weighted by Crippen LogP contribution is 2.08. The second-order valence-electron chi connectivity index (χ2n) is 2.32. The molecular weight excluding hydrogens is 161 g/mol. The third-order valence-corrected chi connectivity index (χ3v) is 1.61. The minimum absolute atomic E-state index is 0.326. The van der Waals surface area contributed by atoms with Crippen LogP contribution in [0.3, 0.4) is 0 Å². The minimum atomic E-state index is -0.658. The van der Waals surface area contributed by atoms with Gasteiger partial charge >= 0.3 is 0 Å². The molecule has 2 aromatic rings. The number of fused-ring (bicyclic) bond motifs is 1. The number of nitrogens with two attached hydrogens (primary N) is 1. The molecule has 0 fully saturated rings. The monoisotopic (exact) mass is 168 g/mol. The largest absolute Gasteiger partial charge is 0.368 e. The summed E-state index contributed by atoms with van der Waals surface area (Å²) in [5.41, 5.74) is 6.55. The molecule has 12 heavy (non-hydrogen) atoms. The molecule has 0 spiro atoms. The number of nitrogens with zero attached hydrogens (tertiary/aromatic N) is 3. The van der Waals surface area contributed by atoms with E-state index in [0.29, 0.717) is 17.0 Å². The Morgan fingerprint density at radius 1 is 1.58 bits per heavy atom. The molecule has 0 radical (unpaired) electrons. The van der Waals surface area contributed by atoms with Crippen LogP contribution in [0.25, 0.3) is 11.2 Å². The van der Waals surface area contributed by atoms with Gasteiger partial charge in [-0.05, 0) is 0 Å². The molecule has 6 heteroatoms. The number of halogens is 1. The smallest absolute Gasteiger partial charge is 0.295 e. The lowest BCUT2D eigenvalue weighted by Crippen LogP contribution is -2.33. The zero-order valence-electron chi connectivity index (χ0n) is 6.16. The molecule has 0 amide bonds. The molecule has 0 aliphatic carbocycles. The van der Waals surface area contributed by atoms with Gasteiger partial charge in [0.25, 0.3) is 5.65 Å². The molecule has 2 rings (SSSR count). The Morgan fingerprint density at radius 3 is 3.17 bits per heavy atom. The van der Waals surface area contributed by atoms with E-state index in [0.717, 1.165) is 0 Å². The summed E-state index contributed by atoms with van der Waals surface area (Å²) in [6, 6.07) is 0. The third-order valence-electron chi connectivity index (χ3n) is 1.61. The standard InChI is InChI=1S/C6H6FN5/c7-1-12-3-11-5(8)4-6(12)10-2-9-4/h2-3H,1H2,(H2,8,9,10)/p+1. The molecule has 2 heterocycles. The zero-order valence-corrected chi connectivity index (χ0v) is 6.16. The molecule has 0 aliphatic rings. The van der Waals surface area contributed by atoms with E-state index >= 15 is 0 Å². The summed E-state index contributed by atoms with van der Waals surface area (Å²) >= 11 is 0. The first-order valence-electron chi connectivity index (χ1n) is 3.36. The maximum atomic E-state index is 12.3. The molecule has 0 aromatic carbocycles. The number of aromatic amines is 1. The fourth-order valence-electron chi connectivity index (χ4n) is 1.03. The summed E-state index contributed by atoms with van der Waals surface area (Å²) in [5.74, 6) is 0.326. The van der Waals surface area contributed by atoms with Gasteiger partial charge in [-0.1, -0.05) is 9.97 Å². The fourth-order valence-corrected chi connectivity index (χ4v) is 1.03. The van der Waals surface area contributed by atoms with Crippen molar-refractivity contribution in [1.82, 2.24) is 15.0 Å². The summed E-state index contributed by atoms with van der Waals surface area (Å²) in [4.78, 5) is 10.5. The van der Waals surface area contributed by atoms with E-state index in [1.165, 1.54) is 17.2 Å². The number of aromatic nitrogens is 4. The second kappa shape index (κ2) is 2.40. The number of hydrogen-bond acceptors (Lipinski definition) is 3. The lowest BCUT2D eigenvalue weighted by molar-refractivity contribution is -0.698. The highest BCUT2D eigenvalue weighted by Gasteiger charge is 2.12. The van der Waals surface area contributed by atoms with Gasteiger partial charge in [0.2, 0.25) is 18.9 Å². The quantitative estimate of drug-likeness (QED) is 0.577. The predicted octanol–water partition coefficient (Wildman–Crippen LogP) is -0.245. The average Bonchev–Trinajstić information content (AvgIpc) is 2.54. The Balaban J connectivity index is 2.82. The van der Waals surface area contributed by atoms with Gasteiger partial charge in [-0.3, -0.25) is 0 Å². The third kappa shape index (κ3) is 0.810. The van der Waals surface area contributed by atoms with Crippen molar-refractivity contribution in [2.24, 2.45) is 0 Å². The number of nitrogens with one attached hydrogen (secondary N) is 1. The fraction of sp³-hybridized carbons (Fsp3) is 0.167. The Labute approximate surface area is 67.1 Å². The van der Waals surface area contributed by atoms with Crippen molar-refractivity contribution < 1.29 is 8.96 Å². The van der Waals surface area contributed by atoms with E-state index in [1.807, 2.05) is 0 Å². The second-order valence-corrected chi connectivity index (χ2v) is 2.32. The number of nitrogen functional groups attached to an aromatic ring is 1. The molecule has 0 unspecified atom stereocenters. The van der Waals surface area contributed by atoms with Crippen LogP contribution in [0, 0.1) is 0 Å². The summed E-state index contributed by atoms with van der Waals surface area (Å²) in [6.07, 6.45) is 2.77. The van der Waals surface area contributed by atoms with Crippen LogP contribution in [0.4, 0.5) is 10.2 Å². The maximum Gasteiger partial charge on any atom is 0.295 e. The van der Waals surface area contributed by atoms with Crippen molar-refractivity contribution >= 4 is 17.0 Å². The van der Waals surface area contributed by atoms with E-state index in [1.54, 1.807) is 0 Å². The van der Waals surface area contributed by atoms with Crippen molar-refractivity contribution in [3.8, 4) is 0 Å². The van der Waals surface area contributed by atoms with Crippen molar-refractivity contribution in [2.45, 2.75) is 6.80 Å². The SMILES string of the molecule is Nc1nc[n+](CF)c2nc[nH]c12. The molecule has 5 nitrogen and oxygen atoms in total. The summed E-state index contributed by atoms with van der Waals surface area (Å²) in [5, 5.41) is 0. The van der Waals surface area contributed by atoms with Crippen molar-refractivity contribution in [3.05, 3.63) is 12.7 Å². The van der Waals surface area contributed by atoms with Gasteiger partial charge in [0.1, 0.15) is 0 Å². The maximum absolute atomic E-state index is 12.3. The van der Waals surface area contributed by atoms with Gasteiger partial charge in [-0.2, -0.15) is 0 Å². The van der Waals surface area contributed by atoms with Crippen molar-refractivity contribution in [2.75, 3.05) is 5.73 Å². The number of hydrogen-bond donors (Lipinski definition) is 2. The summed E-state index contributed by atoms with van der Waals surface area (Å²) in [7, 11) is 0. The summed E-state index contributed by atoms with van der Waals surface area (Å²) < 4.78 is 13.6. The molecule has 0 atom stereocenters. The van der Waals surface area contributed by atoms with Crippen LogP contribution >= 0.6 is 0 Å². The predicted molar refractivity (Wildman–Crippen MR) is 39.6 cm³/mol. The molecule has 3 N–H and O–H groups in total. The van der Waals surface area contributed by atoms with Crippen LogP contribution in [0.2, 0.25) is 0 Å². The van der Waals surface area contributed by atoms with Crippen molar-refractivity contribution in [3.63, 3.8) is 0 Å². The zero-order chi connectivity index (χ0) is 8.55. The first-order valence-corrected chi connectivity index (χ1v) is 3.36. The highest BCUT2D eigenvalue weighted by molar-refractivity contribution is 5.77. The molecule has 0 bridgehead atoms. The van der Waals surface area contributed by atoms with E-state index in [2.05, 4.69) is 15.0 Å². The van der Waals surface area contributed by atoms with Gasteiger partial charge in [0.05, 0.1) is 0 Å². The highest BCUT2D eigenvalue weighted by atomic mass is 19.1. The molecule has 2 aromatic heterocycles. The van der Waals surface area contributed by atoms with E-state index in [9.17, 15) is 4.39 Å². The average molecular weight is 168 g/mol. The normalized spacial score (nSPS) is 10.8. The van der Waals surface area contributed by atoms with Crippen LogP contribution < -0.4 is 10.3 Å². The summed E-state index contributed by atoms with van der Waals surface area (Å²) in [6.45, 7) is -0.658.